The third-order valence-corrected chi connectivity index (χ3v) is 7.91. The second kappa shape index (κ2) is 8.05. The maximum absolute atomic E-state index is 13.3. The number of nitrogens with one attached hydrogen (secondary N) is 2. The first-order valence-electron chi connectivity index (χ1n) is 10.7. The molecule has 1 unspecified atom stereocenters. The van der Waals surface area contributed by atoms with Gasteiger partial charge in [0.25, 0.3) is 5.56 Å². The van der Waals surface area contributed by atoms with E-state index < -0.39 is 0 Å². The number of aryl methyl sites for hydroxylation is 1. The van der Waals surface area contributed by atoms with E-state index in [9.17, 15) is 9.59 Å². The Morgan fingerprint density at radius 1 is 1.16 bits per heavy atom. The predicted octanol–water partition coefficient (Wildman–Crippen LogP) is 5.63. The number of benzene rings is 1. The van der Waals surface area contributed by atoms with Gasteiger partial charge in [-0.3, -0.25) is 9.59 Å². The van der Waals surface area contributed by atoms with Gasteiger partial charge >= 0.3 is 0 Å². The molecule has 0 saturated heterocycles. The van der Waals surface area contributed by atoms with Crippen molar-refractivity contribution >= 4 is 34.7 Å². The summed E-state index contributed by atoms with van der Waals surface area (Å²) >= 11 is 3.08. The number of allylic oxidation sites excluding steroid dienone is 2. The van der Waals surface area contributed by atoms with Crippen LogP contribution in [0.4, 0.5) is 5.82 Å². The Morgan fingerprint density at radius 2 is 1.94 bits per heavy atom. The van der Waals surface area contributed by atoms with E-state index in [1.54, 1.807) is 11.3 Å². The Bertz CT molecular complexity index is 1270. The molecule has 0 bridgehead atoms. The molecule has 0 amide bonds. The van der Waals surface area contributed by atoms with E-state index in [0.717, 1.165) is 28.3 Å². The summed E-state index contributed by atoms with van der Waals surface area (Å²) in [7, 11) is 0. The van der Waals surface area contributed by atoms with Crippen molar-refractivity contribution in [3.05, 3.63) is 85.0 Å². The molecule has 1 aliphatic carbocycles. The number of nitrogens with zero attached hydrogens (tertiary/aromatic N) is 1. The molecule has 5 rings (SSSR count). The van der Waals surface area contributed by atoms with Gasteiger partial charge in [0.15, 0.2) is 10.9 Å². The van der Waals surface area contributed by atoms with Crippen LogP contribution in [-0.2, 0) is 10.5 Å². The van der Waals surface area contributed by atoms with Gasteiger partial charge in [-0.05, 0) is 35.8 Å². The van der Waals surface area contributed by atoms with Crippen molar-refractivity contribution in [2.75, 3.05) is 5.32 Å². The summed E-state index contributed by atoms with van der Waals surface area (Å²) in [5.74, 6) is 1.04. The lowest BCUT2D eigenvalue weighted by molar-refractivity contribution is -0.118. The summed E-state index contributed by atoms with van der Waals surface area (Å²) < 4.78 is 0. The molecule has 2 aliphatic rings. The van der Waals surface area contributed by atoms with E-state index in [4.69, 9.17) is 4.98 Å². The largest absolute Gasteiger partial charge is 0.343 e. The summed E-state index contributed by atoms with van der Waals surface area (Å²) in [6.07, 6.45) is 1.25. The molecule has 0 fully saturated rings. The third-order valence-electron chi connectivity index (χ3n) is 6.02. The van der Waals surface area contributed by atoms with Gasteiger partial charge < -0.3 is 10.3 Å². The number of carbonyl (C=O) groups is 1. The number of hydrogen-bond acceptors (Lipinski definition) is 6. The lowest BCUT2D eigenvalue weighted by Crippen LogP contribution is -2.36. The zero-order valence-corrected chi connectivity index (χ0v) is 20.0. The summed E-state index contributed by atoms with van der Waals surface area (Å²) in [6.45, 7) is 6.29. The number of rotatable bonds is 4. The number of H-pyrrole nitrogens is 1. The second-order valence-electron chi connectivity index (χ2n) is 9.31. The van der Waals surface area contributed by atoms with E-state index in [1.807, 2.05) is 17.5 Å². The normalized spacial score (nSPS) is 19.3. The molecule has 3 aromatic rings. The van der Waals surface area contributed by atoms with Gasteiger partial charge in [-0.1, -0.05) is 61.5 Å². The highest BCUT2D eigenvalue weighted by Crippen LogP contribution is 2.48. The molecule has 0 saturated carbocycles. The molecule has 0 radical (unpaired) electrons. The van der Waals surface area contributed by atoms with Crippen LogP contribution in [0.2, 0.25) is 0 Å². The molecular formula is C25H25N3O2S2. The van der Waals surface area contributed by atoms with Crippen molar-refractivity contribution in [1.82, 2.24) is 9.97 Å². The van der Waals surface area contributed by atoms with Gasteiger partial charge in [0.05, 0.1) is 11.5 Å². The van der Waals surface area contributed by atoms with Crippen LogP contribution in [-0.4, -0.2) is 15.8 Å². The van der Waals surface area contributed by atoms with Crippen LogP contribution in [0, 0.1) is 12.3 Å². The Morgan fingerprint density at radius 3 is 2.66 bits per heavy atom. The molecule has 32 heavy (non-hydrogen) atoms. The van der Waals surface area contributed by atoms with E-state index in [2.05, 4.69) is 55.3 Å². The molecular weight excluding hydrogens is 438 g/mol. The van der Waals surface area contributed by atoms with Gasteiger partial charge in [-0.2, -0.15) is 0 Å². The zero-order chi connectivity index (χ0) is 22.5. The van der Waals surface area contributed by atoms with Crippen molar-refractivity contribution in [2.24, 2.45) is 5.41 Å². The molecule has 3 heterocycles. The average Bonchev–Trinajstić information content (AvgIpc) is 3.25. The average molecular weight is 464 g/mol. The number of aromatic amines is 1. The van der Waals surface area contributed by atoms with E-state index in [-0.39, 0.29) is 22.7 Å². The molecule has 0 spiro atoms. The SMILES string of the molecule is Cc1ccc(CSc2nc3c(c(=O)[nH]2)C(c2cccs2)C2=C(CC(C)(C)CC2=O)N3)cc1. The van der Waals surface area contributed by atoms with Crippen molar-refractivity contribution in [3.8, 4) is 0 Å². The van der Waals surface area contributed by atoms with Gasteiger partial charge in [0.1, 0.15) is 5.82 Å². The van der Waals surface area contributed by atoms with Crippen LogP contribution in [0.25, 0.3) is 0 Å². The molecule has 164 valence electrons. The van der Waals surface area contributed by atoms with Crippen LogP contribution in [0.15, 0.2) is 63.0 Å². The third kappa shape index (κ3) is 3.95. The topological polar surface area (TPSA) is 74.8 Å². The molecule has 2 N–H and O–H groups in total. The Hall–Kier alpha value is -2.64. The first-order valence-corrected chi connectivity index (χ1v) is 12.6. The van der Waals surface area contributed by atoms with Crippen LogP contribution in [0.1, 0.15) is 54.2 Å². The summed E-state index contributed by atoms with van der Waals surface area (Å²) in [4.78, 5) is 35.2. The van der Waals surface area contributed by atoms with Gasteiger partial charge in [-0.25, -0.2) is 4.98 Å². The number of anilines is 1. The minimum atomic E-state index is -0.364. The molecule has 5 nitrogen and oxygen atoms in total. The predicted molar refractivity (Wildman–Crippen MR) is 130 cm³/mol. The van der Waals surface area contributed by atoms with Gasteiger partial charge in [0, 0.05) is 28.3 Å². The Kier molecular flexibility index (Phi) is 5.34. The van der Waals surface area contributed by atoms with Crippen molar-refractivity contribution in [2.45, 2.75) is 50.4 Å². The fourth-order valence-corrected chi connectivity index (χ4v) is 6.20. The quantitative estimate of drug-likeness (QED) is 0.387. The molecule has 1 aliphatic heterocycles. The van der Waals surface area contributed by atoms with Crippen molar-refractivity contribution < 1.29 is 4.79 Å². The highest BCUT2D eigenvalue weighted by molar-refractivity contribution is 7.98. The summed E-state index contributed by atoms with van der Waals surface area (Å²) in [6, 6.07) is 12.3. The van der Waals surface area contributed by atoms with Crippen LogP contribution in [0.3, 0.4) is 0 Å². The number of thioether (sulfide) groups is 1. The standard InChI is InChI=1S/C25H25N3O2S2/c1-14-6-8-15(9-7-14)13-32-24-27-22-21(23(30)28-24)20(18-5-4-10-31-18)19-16(26-22)11-25(2,3)12-17(19)29/h4-10,20H,11-13H2,1-3H3,(H2,26,27,28,30). The second-order valence-corrected chi connectivity index (χ2v) is 11.3. The lowest BCUT2D eigenvalue weighted by atomic mass is 9.70. The number of aromatic nitrogens is 2. The monoisotopic (exact) mass is 463 g/mol. The fourth-order valence-electron chi connectivity index (χ4n) is 4.54. The van der Waals surface area contributed by atoms with E-state index in [1.165, 1.54) is 22.9 Å². The number of hydrogen-bond donors (Lipinski definition) is 2. The molecule has 1 atom stereocenters. The highest BCUT2D eigenvalue weighted by Gasteiger charge is 2.42. The molecule has 1 aromatic carbocycles. The first-order chi connectivity index (χ1) is 15.3. The van der Waals surface area contributed by atoms with Gasteiger partial charge in [-0.15, -0.1) is 11.3 Å². The van der Waals surface area contributed by atoms with Gasteiger partial charge in [0.2, 0.25) is 0 Å². The smallest absolute Gasteiger partial charge is 0.257 e. The summed E-state index contributed by atoms with van der Waals surface area (Å²) in [5.41, 5.74) is 4.27. The minimum Gasteiger partial charge on any atom is -0.343 e. The van der Waals surface area contributed by atoms with Crippen LogP contribution in [0.5, 0.6) is 0 Å². The lowest BCUT2D eigenvalue weighted by Gasteiger charge is -2.38. The maximum Gasteiger partial charge on any atom is 0.257 e. The number of carbonyl (C=O) groups excluding carboxylic acids is 1. The number of ketones is 1. The maximum atomic E-state index is 13.3. The van der Waals surface area contributed by atoms with Crippen molar-refractivity contribution in [1.29, 1.82) is 0 Å². The Labute approximate surface area is 195 Å². The van der Waals surface area contributed by atoms with Crippen molar-refractivity contribution in [3.63, 3.8) is 0 Å². The van der Waals surface area contributed by atoms with E-state index in [0.29, 0.717) is 23.0 Å². The fraction of sp³-hybridized carbons (Fsp3) is 0.320. The number of thiophene rings is 1. The van der Waals surface area contributed by atoms with E-state index >= 15 is 0 Å². The Balaban J connectivity index is 1.54. The number of Topliss-reactive ketones (excluding diaryl/α,β-unsaturated/α-hetero) is 1. The first kappa shape index (κ1) is 21.2. The van der Waals surface area contributed by atoms with Crippen LogP contribution < -0.4 is 10.9 Å². The highest BCUT2D eigenvalue weighted by atomic mass is 32.2. The van der Waals surface area contributed by atoms with Crippen LogP contribution >= 0.6 is 23.1 Å². The zero-order valence-electron chi connectivity index (χ0n) is 18.3. The minimum absolute atomic E-state index is 0.116. The molecule has 2 aromatic heterocycles. The number of fused-ring (bicyclic) bond motifs is 1. The summed E-state index contributed by atoms with van der Waals surface area (Å²) in [5, 5.41) is 5.95. The molecule has 7 heteroatoms.